The molecule has 0 radical (unpaired) electrons. The Labute approximate surface area is 115 Å². The fourth-order valence-electron chi connectivity index (χ4n) is 1.71. The van der Waals surface area contributed by atoms with Crippen molar-refractivity contribution in [3.8, 4) is 0 Å². The molecule has 0 aromatic heterocycles. The molecule has 0 fully saturated rings. The van der Waals surface area contributed by atoms with Gasteiger partial charge in [-0.3, -0.25) is 4.90 Å². The van der Waals surface area contributed by atoms with Gasteiger partial charge in [-0.2, -0.15) is 0 Å². The van der Waals surface area contributed by atoms with E-state index in [1.54, 1.807) is 0 Å². The molecule has 0 saturated carbocycles. The lowest BCUT2D eigenvalue weighted by Crippen LogP contribution is -2.32. The lowest BCUT2D eigenvalue weighted by molar-refractivity contribution is 0.304. The molecule has 1 rings (SSSR count). The number of rotatable bonds is 6. The predicted octanol–water partition coefficient (Wildman–Crippen LogP) is 3.09. The van der Waals surface area contributed by atoms with Crippen LogP contribution < -0.4 is 5.73 Å². The molecule has 0 spiro atoms. The largest absolute Gasteiger partial charge is 0.392 e. The zero-order valence-electron chi connectivity index (χ0n) is 9.75. The predicted molar refractivity (Wildman–Crippen MR) is 76.5 cm³/mol. The smallest absolute Gasteiger partial charge is 0.124 e. The molecule has 94 valence electrons. The van der Waals surface area contributed by atoms with E-state index in [1.165, 1.54) is 12.1 Å². The highest BCUT2D eigenvalue weighted by Crippen LogP contribution is 2.16. The lowest BCUT2D eigenvalue weighted by atomic mass is 10.2. The van der Waals surface area contributed by atoms with Gasteiger partial charge in [0, 0.05) is 17.6 Å². The zero-order chi connectivity index (χ0) is 12.8. The highest BCUT2D eigenvalue weighted by molar-refractivity contribution is 9.10. The van der Waals surface area contributed by atoms with E-state index in [-0.39, 0.29) is 5.82 Å². The van der Waals surface area contributed by atoms with Gasteiger partial charge in [0.2, 0.25) is 0 Å². The molecule has 0 aliphatic rings. The second-order valence-electron chi connectivity index (χ2n) is 3.95. The Morgan fingerprint density at radius 2 is 2.18 bits per heavy atom. The van der Waals surface area contributed by atoms with Crippen molar-refractivity contribution in [2.24, 2.45) is 5.73 Å². The molecule has 0 atom stereocenters. The SMILES string of the molecule is CCCN(CC(N)=S)Cc1cc(F)cc(Br)c1. The molecule has 0 unspecified atom stereocenters. The van der Waals surface area contributed by atoms with Gasteiger partial charge in [0.25, 0.3) is 0 Å². The molecule has 2 nitrogen and oxygen atoms in total. The Bertz CT molecular complexity index is 378. The number of benzene rings is 1. The molecule has 2 N–H and O–H groups in total. The fraction of sp³-hybridized carbons (Fsp3) is 0.417. The van der Waals surface area contributed by atoms with Crippen molar-refractivity contribution in [3.05, 3.63) is 34.1 Å². The van der Waals surface area contributed by atoms with E-state index in [2.05, 4.69) is 27.8 Å². The number of halogens is 2. The molecule has 0 aliphatic heterocycles. The van der Waals surface area contributed by atoms with Crippen molar-refractivity contribution >= 4 is 33.1 Å². The van der Waals surface area contributed by atoms with Crippen LogP contribution in [0.3, 0.4) is 0 Å². The summed E-state index contributed by atoms with van der Waals surface area (Å²) in [6, 6.07) is 4.89. The summed E-state index contributed by atoms with van der Waals surface area (Å²) < 4.78 is 14.0. The molecular weight excluding hydrogens is 303 g/mol. The molecule has 1 aromatic rings. The highest BCUT2D eigenvalue weighted by Gasteiger charge is 2.07. The summed E-state index contributed by atoms with van der Waals surface area (Å²) in [6.07, 6.45) is 1.01. The van der Waals surface area contributed by atoms with E-state index in [0.29, 0.717) is 18.1 Å². The average Bonchev–Trinajstić information content (AvgIpc) is 2.14. The average molecular weight is 319 g/mol. The van der Waals surface area contributed by atoms with Gasteiger partial charge in [-0.15, -0.1) is 0 Å². The standard InChI is InChI=1S/C12H16BrFN2S/c1-2-3-16(8-12(15)17)7-9-4-10(13)6-11(14)5-9/h4-6H,2-3,7-8H2,1H3,(H2,15,17). The Balaban J connectivity index is 2.74. The van der Waals surface area contributed by atoms with Crippen LogP contribution in [0.4, 0.5) is 4.39 Å². The minimum atomic E-state index is -0.235. The van der Waals surface area contributed by atoms with E-state index in [4.69, 9.17) is 18.0 Å². The summed E-state index contributed by atoms with van der Waals surface area (Å²) in [6.45, 7) is 4.21. The van der Waals surface area contributed by atoms with Crippen LogP contribution in [0.1, 0.15) is 18.9 Å². The number of thiocarbonyl (C=S) groups is 1. The molecule has 5 heteroatoms. The van der Waals surface area contributed by atoms with E-state index < -0.39 is 0 Å². The van der Waals surface area contributed by atoms with Crippen LogP contribution >= 0.6 is 28.1 Å². The second kappa shape index (κ2) is 7.03. The van der Waals surface area contributed by atoms with E-state index >= 15 is 0 Å². The van der Waals surface area contributed by atoms with Crippen LogP contribution in [0.25, 0.3) is 0 Å². The van der Waals surface area contributed by atoms with Gasteiger partial charge >= 0.3 is 0 Å². The van der Waals surface area contributed by atoms with Gasteiger partial charge in [0.1, 0.15) is 5.82 Å². The van der Waals surface area contributed by atoms with Crippen molar-refractivity contribution in [3.63, 3.8) is 0 Å². The lowest BCUT2D eigenvalue weighted by Gasteiger charge is -2.21. The quantitative estimate of drug-likeness (QED) is 0.817. The Hall–Kier alpha value is -0.520. The summed E-state index contributed by atoms with van der Waals surface area (Å²) >= 11 is 8.19. The third kappa shape index (κ3) is 5.57. The van der Waals surface area contributed by atoms with E-state index in [9.17, 15) is 4.39 Å². The molecule has 0 bridgehead atoms. The topological polar surface area (TPSA) is 29.3 Å². The number of hydrogen-bond acceptors (Lipinski definition) is 2. The summed E-state index contributed by atoms with van der Waals surface area (Å²) in [7, 11) is 0. The third-order valence-corrected chi connectivity index (χ3v) is 2.83. The molecule has 0 heterocycles. The first-order valence-corrected chi connectivity index (χ1v) is 6.67. The minimum absolute atomic E-state index is 0.235. The van der Waals surface area contributed by atoms with Gasteiger partial charge in [-0.05, 0) is 36.7 Å². The van der Waals surface area contributed by atoms with Crippen molar-refractivity contribution < 1.29 is 4.39 Å². The van der Waals surface area contributed by atoms with Gasteiger partial charge in [-0.25, -0.2) is 4.39 Å². The van der Waals surface area contributed by atoms with Crippen LogP contribution in [0, 0.1) is 5.82 Å². The summed E-state index contributed by atoms with van der Waals surface area (Å²) in [5, 5.41) is 0. The maximum atomic E-state index is 13.2. The van der Waals surface area contributed by atoms with Crippen molar-refractivity contribution in [1.29, 1.82) is 0 Å². The van der Waals surface area contributed by atoms with Crippen LogP contribution in [-0.2, 0) is 6.54 Å². The molecule has 0 saturated heterocycles. The summed E-state index contributed by atoms with van der Waals surface area (Å²) in [5.74, 6) is -0.235. The van der Waals surface area contributed by atoms with Crippen molar-refractivity contribution in [2.75, 3.05) is 13.1 Å². The van der Waals surface area contributed by atoms with Gasteiger partial charge in [0.15, 0.2) is 0 Å². The van der Waals surface area contributed by atoms with Crippen molar-refractivity contribution in [1.82, 2.24) is 4.90 Å². The molecule has 0 amide bonds. The maximum absolute atomic E-state index is 13.2. The Morgan fingerprint density at radius 1 is 1.47 bits per heavy atom. The molecular formula is C12H16BrFN2S. The molecule has 1 aromatic carbocycles. The van der Waals surface area contributed by atoms with Crippen LogP contribution in [-0.4, -0.2) is 23.0 Å². The molecule has 0 aliphatic carbocycles. The first-order chi connectivity index (χ1) is 8.01. The summed E-state index contributed by atoms with van der Waals surface area (Å²) in [4.78, 5) is 2.58. The highest BCUT2D eigenvalue weighted by atomic mass is 79.9. The van der Waals surface area contributed by atoms with Crippen molar-refractivity contribution in [2.45, 2.75) is 19.9 Å². The Kier molecular flexibility index (Phi) is 6.02. The first-order valence-electron chi connectivity index (χ1n) is 5.47. The van der Waals surface area contributed by atoms with Gasteiger partial charge < -0.3 is 5.73 Å². The van der Waals surface area contributed by atoms with Crippen LogP contribution in [0.5, 0.6) is 0 Å². The van der Waals surface area contributed by atoms with E-state index in [0.717, 1.165) is 23.0 Å². The van der Waals surface area contributed by atoms with Gasteiger partial charge in [-0.1, -0.05) is 35.1 Å². The molecule has 17 heavy (non-hydrogen) atoms. The normalized spacial score (nSPS) is 10.8. The number of nitrogens with zero attached hydrogens (tertiary/aromatic N) is 1. The van der Waals surface area contributed by atoms with E-state index in [1.807, 2.05) is 6.07 Å². The third-order valence-electron chi connectivity index (χ3n) is 2.25. The Morgan fingerprint density at radius 3 is 2.71 bits per heavy atom. The second-order valence-corrected chi connectivity index (χ2v) is 5.39. The fourth-order valence-corrected chi connectivity index (χ4v) is 2.41. The monoisotopic (exact) mass is 318 g/mol. The maximum Gasteiger partial charge on any atom is 0.124 e. The van der Waals surface area contributed by atoms with Gasteiger partial charge in [0.05, 0.1) is 4.99 Å². The summed E-state index contributed by atoms with van der Waals surface area (Å²) in [5.41, 5.74) is 6.46. The van der Waals surface area contributed by atoms with Crippen LogP contribution in [0.2, 0.25) is 0 Å². The number of nitrogens with two attached hydrogens (primary N) is 1. The number of hydrogen-bond donors (Lipinski definition) is 1. The van der Waals surface area contributed by atoms with Crippen LogP contribution in [0.15, 0.2) is 22.7 Å². The minimum Gasteiger partial charge on any atom is -0.392 e. The first kappa shape index (κ1) is 14.5. The zero-order valence-corrected chi connectivity index (χ0v) is 12.2.